The van der Waals surface area contributed by atoms with Gasteiger partial charge in [-0.3, -0.25) is 4.68 Å². The predicted molar refractivity (Wildman–Crippen MR) is 78.0 cm³/mol. The van der Waals surface area contributed by atoms with Gasteiger partial charge in [0.1, 0.15) is 5.82 Å². The monoisotopic (exact) mass is 290 g/mol. The van der Waals surface area contributed by atoms with Gasteiger partial charge in [-0.05, 0) is 18.6 Å². The molecule has 2 aromatic rings. The zero-order chi connectivity index (χ0) is 15.2. The smallest absolute Gasteiger partial charge is 0.335 e. The Balaban J connectivity index is 2.16. The molecule has 0 amide bonds. The van der Waals surface area contributed by atoms with Gasteiger partial charge in [-0.15, -0.1) is 0 Å². The molecule has 7 nitrogen and oxygen atoms in total. The summed E-state index contributed by atoms with van der Waals surface area (Å²) in [6, 6.07) is 3.09. The molecule has 112 valence electrons. The number of hydrogen-bond acceptors (Lipinski definition) is 5. The minimum Gasteiger partial charge on any atom is -0.478 e. The molecule has 7 heteroatoms. The van der Waals surface area contributed by atoms with E-state index in [1.165, 1.54) is 6.07 Å². The number of methoxy groups -OCH3 is 1. The molecule has 0 saturated carbocycles. The fraction of sp³-hybridized carbons (Fsp3) is 0.357. The topological polar surface area (TPSA) is 89.3 Å². The first-order valence-electron chi connectivity index (χ1n) is 6.65. The van der Waals surface area contributed by atoms with E-state index in [0.717, 1.165) is 11.4 Å². The zero-order valence-electron chi connectivity index (χ0n) is 12.0. The number of hydrogen-bond donors (Lipinski definition) is 2. The minimum absolute atomic E-state index is 0.219. The summed E-state index contributed by atoms with van der Waals surface area (Å²) in [5.41, 5.74) is 1.70. The molecular weight excluding hydrogens is 272 g/mol. The Labute approximate surface area is 122 Å². The van der Waals surface area contributed by atoms with E-state index in [0.29, 0.717) is 25.4 Å². The Hall–Kier alpha value is -2.41. The van der Waals surface area contributed by atoms with E-state index in [1.54, 1.807) is 24.1 Å². The van der Waals surface area contributed by atoms with Crippen molar-refractivity contribution in [3.8, 4) is 0 Å². The van der Waals surface area contributed by atoms with Crippen LogP contribution in [0, 0.1) is 0 Å². The molecular formula is C14H18N4O3. The summed E-state index contributed by atoms with van der Waals surface area (Å²) in [5.74, 6) is -0.469. The molecule has 0 aliphatic carbocycles. The van der Waals surface area contributed by atoms with Gasteiger partial charge in [0.25, 0.3) is 0 Å². The number of pyridine rings is 1. The van der Waals surface area contributed by atoms with Crippen LogP contribution in [0.5, 0.6) is 0 Å². The number of aromatic nitrogens is 3. The molecule has 0 fully saturated rings. The molecule has 0 radical (unpaired) electrons. The van der Waals surface area contributed by atoms with Crippen molar-refractivity contribution in [2.24, 2.45) is 0 Å². The van der Waals surface area contributed by atoms with Crippen LogP contribution < -0.4 is 5.32 Å². The number of rotatable bonds is 7. The van der Waals surface area contributed by atoms with Crippen molar-refractivity contribution in [3.05, 3.63) is 35.8 Å². The fourth-order valence-electron chi connectivity index (χ4n) is 1.84. The van der Waals surface area contributed by atoms with Crippen LogP contribution in [-0.2, 0) is 17.7 Å². The number of nitrogens with one attached hydrogen (secondary N) is 1. The fourth-order valence-corrected chi connectivity index (χ4v) is 1.84. The lowest BCUT2D eigenvalue weighted by Crippen LogP contribution is -2.04. The number of carboxylic acids is 1. The maximum atomic E-state index is 11.1. The largest absolute Gasteiger partial charge is 0.478 e. The highest BCUT2D eigenvalue weighted by Crippen LogP contribution is 2.17. The number of ether oxygens (including phenoxy) is 1. The molecule has 0 bridgehead atoms. The third-order valence-electron chi connectivity index (χ3n) is 2.92. The Morgan fingerprint density at radius 1 is 1.48 bits per heavy atom. The van der Waals surface area contributed by atoms with E-state index in [-0.39, 0.29) is 5.56 Å². The molecule has 21 heavy (non-hydrogen) atoms. The molecule has 0 atom stereocenters. The van der Waals surface area contributed by atoms with Crippen LogP contribution in [0.15, 0.2) is 24.5 Å². The molecule has 2 rings (SSSR count). The number of carbonyl (C=O) groups is 1. The average Bonchev–Trinajstić information content (AvgIpc) is 2.92. The van der Waals surface area contributed by atoms with Gasteiger partial charge in [0.05, 0.1) is 30.6 Å². The highest BCUT2D eigenvalue weighted by Gasteiger charge is 2.08. The normalized spacial score (nSPS) is 10.6. The van der Waals surface area contributed by atoms with Crippen molar-refractivity contribution in [2.75, 3.05) is 19.0 Å². The predicted octanol–water partition coefficient (Wildman–Crippen LogP) is 1.93. The molecule has 0 saturated heterocycles. The maximum Gasteiger partial charge on any atom is 0.335 e. The second-order valence-electron chi connectivity index (χ2n) is 4.50. The number of nitrogens with zero attached hydrogens (tertiary/aromatic N) is 3. The van der Waals surface area contributed by atoms with Gasteiger partial charge in [0.2, 0.25) is 0 Å². The maximum absolute atomic E-state index is 11.1. The Morgan fingerprint density at radius 2 is 2.29 bits per heavy atom. The molecule has 0 aliphatic rings. The lowest BCUT2D eigenvalue weighted by atomic mass is 10.2. The number of carboxylic acid groups (broad SMARTS) is 1. The van der Waals surface area contributed by atoms with E-state index >= 15 is 0 Å². The van der Waals surface area contributed by atoms with E-state index in [2.05, 4.69) is 15.4 Å². The van der Waals surface area contributed by atoms with Crippen LogP contribution in [0.1, 0.15) is 23.0 Å². The van der Waals surface area contributed by atoms with Crippen LogP contribution in [-0.4, -0.2) is 39.6 Å². The Morgan fingerprint density at radius 3 is 2.95 bits per heavy atom. The molecule has 2 heterocycles. The highest BCUT2D eigenvalue weighted by molar-refractivity contribution is 5.88. The van der Waals surface area contributed by atoms with Gasteiger partial charge in [0.15, 0.2) is 0 Å². The SMILES string of the molecule is CCc1cc(C(=O)O)cc(Nc2cnn(CCOC)c2)n1. The van der Waals surface area contributed by atoms with E-state index in [1.807, 2.05) is 13.1 Å². The van der Waals surface area contributed by atoms with E-state index in [9.17, 15) is 4.79 Å². The van der Waals surface area contributed by atoms with Crippen LogP contribution in [0.25, 0.3) is 0 Å². The average molecular weight is 290 g/mol. The highest BCUT2D eigenvalue weighted by atomic mass is 16.5. The van der Waals surface area contributed by atoms with Crippen molar-refractivity contribution in [1.82, 2.24) is 14.8 Å². The van der Waals surface area contributed by atoms with Crippen molar-refractivity contribution in [1.29, 1.82) is 0 Å². The van der Waals surface area contributed by atoms with Crippen LogP contribution >= 0.6 is 0 Å². The summed E-state index contributed by atoms with van der Waals surface area (Å²) < 4.78 is 6.73. The second kappa shape index (κ2) is 6.85. The first kappa shape index (κ1) is 15.0. The first-order valence-corrected chi connectivity index (χ1v) is 6.65. The summed E-state index contributed by atoms with van der Waals surface area (Å²) in [7, 11) is 1.64. The van der Waals surface area contributed by atoms with E-state index < -0.39 is 5.97 Å². The molecule has 2 aromatic heterocycles. The molecule has 0 spiro atoms. The molecule has 0 aromatic carbocycles. The molecule has 0 aliphatic heterocycles. The van der Waals surface area contributed by atoms with Gasteiger partial charge in [-0.25, -0.2) is 9.78 Å². The minimum atomic E-state index is -0.967. The molecule has 2 N–H and O–H groups in total. The van der Waals surface area contributed by atoms with Gasteiger partial charge in [-0.2, -0.15) is 5.10 Å². The number of aromatic carboxylic acids is 1. The van der Waals surface area contributed by atoms with Gasteiger partial charge in [0, 0.05) is 19.0 Å². The lowest BCUT2D eigenvalue weighted by Gasteiger charge is -2.06. The number of anilines is 2. The van der Waals surface area contributed by atoms with Crippen molar-refractivity contribution >= 4 is 17.5 Å². The van der Waals surface area contributed by atoms with Crippen LogP contribution in [0.2, 0.25) is 0 Å². The standard InChI is InChI=1S/C14H18N4O3/c1-3-11-6-10(14(19)20)7-13(16-11)17-12-8-15-18(9-12)4-5-21-2/h6-9H,3-5H2,1-2H3,(H,16,17)(H,19,20). The molecule has 0 unspecified atom stereocenters. The summed E-state index contributed by atoms with van der Waals surface area (Å²) in [6.45, 7) is 3.16. The van der Waals surface area contributed by atoms with Gasteiger partial charge < -0.3 is 15.2 Å². The lowest BCUT2D eigenvalue weighted by molar-refractivity contribution is 0.0696. The first-order chi connectivity index (χ1) is 10.1. The Kier molecular flexibility index (Phi) is 4.89. The zero-order valence-corrected chi connectivity index (χ0v) is 12.0. The third-order valence-corrected chi connectivity index (χ3v) is 2.92. The van der Waals surface area contributed by atoms with Crippen LogP contribution in [0.4, 0.5) is 11.5 Å². The second-order valence-corrected chi connectivity index (χ2v) is 4.50. The van der Waals surface area contributed by atoms with Crippen molar-refractivity contribution in [2.45, 2.75) is 19.9 Å². The summed E-state index contributed by atoms with van der Waals surface area (Å²) >= 11 is 0. The number of aryl methyl sites for hydroxylation is 1. The van der Waals surface area contributed by atoms with Crippen molar-refractivity contribution in [3.63, 3.8) is 0 Å². The van der Waals surface area contributed by atoms with Gasteiger partial charge in [-0.1, -0.05) is 6.92 Å². The van der Waals surface area contributed by atoms with Crippen molar-refractivity contribution < 1.29 is 14.6 Å². The Bertz CT molecular complexity index is 624. The summed E-state index contributed by atoms with van der Waals surface area (Å²) in [6.07, 6.45) is 4.15. The van der Waals surface area contributed by atoms with E-state index in [4.69, 9.17) is 9.84 Å². The summed E-state index contributed by atoms with van der Waals surface area (Å²) in [4.78, 5) is 15.5. The van der Waals surface area contributed by atoms with Gasteiger partial charge >= 0.3 is 5.97 Å². The summed E-state index contributed by atoms with van der Waals surface area (Å²) in [5, 5.41) is 16.4. The van der Waals surface area contributed by atoms with Crippen LogP contribution in [0.3, 0.4) is 0 Å². The third kappa shape index (κ3) is 4.03. The quantitative estimate of drug-likeness (QED) is 0.810.